The van der Waals surface area contributed by atoms with E-state index in [9.17, 15) is 22.8 Å². The standard InChI is InChI=1S/C20H14F3N7O4/c21-20(22,23)34-14-8-4-1-5-10(14)15(31)29-19-27-13(9-33-19)16(32)28-17(24)30-18-25-11-6-2-3-7-12(11)26-18/h1-9H,(H,27,29,31)(H4,24,25,26,28,30,32). The third-order valence-corrected chi connectivity index (χ3v) is 4.16. The van der Waals surface area contributed by atoms with Gasteiger partial charge in [-0.3, -0.25) is 20.2 Å². The third-order valence-electron chi connectivity index (χ3n) is 4.16. The van der Waals surface area contributed by atoms with Gasteiger partial charge < -0.3 is 19.9 Å². The molecule has 0 spiro atoms. The normalized spacial score (nSPS) is 11.9. The highest BCUT2D eigenvalue weighted by Crippen LogP contribution is 2.26. The van der Waals surface area contributed by atoms with E-state index in [1.807, 2.05) is 6.07 Å². The van der Waals surface area contributed by atoms with Crippen LogP contribution in [0.25, 0.3) is 11.0 Å². The Hall–Kier alpha value is -4.88. The molecule has 2 aromatic heterocycles. The molecule has 34 heavy (non-hydrogen) atoms. The molecule has 2 heterocycles. The number of nitrogens with one attached hydrogen (secondary N) is 3. The molecule has 4 rings (SSSR count). The predicted octanol–water partition coefficient (Wildman–Crippen LogP) is 3.08. The van der Waals surface area contributed by atoms with Gasteiger partial charge in [0.1, 0.15) is 12.0 Å². The van der Waals surface area contributed by atoms with Crippen molar-refractivity contribution in [2.75, 3.05) is 5.32 Å². The number of halogens is 3. The summed E-state index contributed by atoms with van der Waals surface area (Å²) >= 11 is 0. The topological polar surface area (TPSA) is 161 Å². The van der Waals surface area contributed by atoms with E-state index < -0.39 is 35.5 Å². The molecule has 174 valence electrons. The van der Waals surface area contributed by atoms with E-state index in [2.05, 4.69) is 35.3 Å². The number of aromatic amines is 1. The van der Waals surface area contributed by atoms with Gasteiger partial charge in [0.05, 0.1) is 16.6 Å². The Kier molecular flexibility index (Phi) is 5.86. The number of oxazole rings is 1. The number of rotatable bonds is 5. The second-order valence-corrected chi connectivity index (χ2v) is 6.56. The molecule has 2 amide bonds. The highest BCUT2D eigenvalue weighted by atomic mass is 19.4. The number of H-pyrrole nitrogens is 1. The molecule has 2 aromatic carbocycles. The summed E-state index contributed by atoms with van der Waals surface area (Å²) in [6, 6.07) is 11.4. The Morgan fingerprint density at radius 1 is 1.06 bits per heavy atom. The van der Waals surface area contributed by atoms with Crippen molar-refractivity contribution in [3.63, 3.8) is 0 Å². The molecular formula is C20H14F3N7O4. The number of carbonyl (C=O) groups is 2. The lowest BCUT2D eigenvalue weighted by molar-refractivity contribution is -0.274. The minimum Gasteiger partial charge on any atom is -0.431 e. The zero-order valence-corrected chi connectivity index (χ0v) is 16.9. The number of imidazole rings is 1. The molecule has 14 heteroatoms. The Morgan fingerprint density at radius 3 is 2.56 bits per heavy atom. The maximum atomic E-state index is 12.5. The molecule has 0 aliphatic carbocycles. The van der Waals surface area contributed by atoms with Crippen LogP contribution in [0.4, 0.5) is 25.1 Å². The van der Waals surface area contributed by atoms with Gasteiger partial charge in [0.25, 0.3) is 11.8 Å². The first-order valence-corrected chi connectivity index (χ1v) is 9.40. The summed E-state index contributed by atoms with van der Waals surface area (Å²) in [5.41, 5.74) is 6.39. The van der Waals surface area contributed by atoms with Gasteiger partial charge >= 0.3 is 12.4 Å². The molecule has 0 saturated heterocycles. The predicted molar refractivity (Wildman–Crippen MR) is 112 cm³/mol. The highest BCUT2D eigenvalue weighted by Gasteiger charge is 2.33. The van der Waals surface area contributed by atoms with Crippen LogP contribution in [-0.4, -0.2) is 39.1 Å². The summed E-state index contributed by atoms with van der Waals surface area (Å²) in [4.78, 5) is 39.5. The SMILES string of the molecule is N/C(=N\c1nc2ccccc2[nH]1)NC(=O)c1coc(NC(=O)c2ccccc2OC(F)(F)F)n1. The number of guanidine groups is 1. The van der Waals surface area contributed by atoms with Gasteiger partial charge in [-0.15, -0.1) is 13.2 Å². The van der Waals surface area contributed by atoms with Crippen molar-refractivity contribution in [1.82, 2.24) is 20.3 Å². The van der Waals surface area contributed by atoms with Gasteiger partial charge in [0.2, 0.25) is 11.9 Å². The van der Waals surface area contributed by atoms with E-state index in [1.165, 1.54) is 12.1 Å². The summed E-state index contributed by atoms with van der Waals surface area (Å²) in [6.45, 7) is 0. The smallest absolute Gasteiger partial charge is 0.431 e. The molecule has 11 nitrogen and oxygen atoms in total. The average molecular weight is 473 g/mol. The molecule has 0 radical (unpaired) electrons. The zero-order valence-electron chi connectivity index (χ0n) is 16.9. The van der Waals surface area contributed by atoms with E-state index >= 15 is 0 Å². The fourth-order valence-corrected chi connectivity index (χ4v) is 2.78. The van der Waals surface area contributed by atoms with Crippen molar-refractivity contribution in [2.24, 2.45) is 10.7 Å². The minimum absolute atomic E-state index is 0.159. The number of carbonyl (C=O) groups excluding carboxylic acids is 2. The third kappa shape index (κ3) is 5.29. The Morgan fingerprint density at radius 2 is 1.79 bits per heavy atom. The van der Waals surface area contributed by atoms with E-state index in [0.29, 0.717) is 5.52 Å². The molecule has 0 atom stereocenters. The number of amides is 2. The first-order valence-electron chi connectivity index (χ1n) is 9.40. The molecule has 0 saturated carbocycles. The molecule has 4 aromatic rings. The minimum atomic E-state index is -4.99. The summed E-state index contributed by atoms with van der Waals surface area (Å²) in [5, 5.41) is 4.42. The molecule has 0 unspecified atom stereocenters. The number of nitrogens with two attached hydrogens (primary N) is 1. The van der Waals surface area contributed by atoms with Crippen molar-refractivity contribution in [1.29, 1.82) is 0 Å². The van der Waals surface area contributed by atoms with Crippen LogP contribution in [0, 0.1) is 0 Å². The fourth-order valence-electron chi connectivity index (χ4n) is 2.78. The highest BCUT2D eigenvalue weighted by molar-refractivity contribution is 6.06. The Balaban J connectivity index is 1.42. The number of anilines is 1. The summed E-state index contributed by atoms with van der Waals surface area (Å²) in [6.07, 6.45) is -4.08. The molecule has 0 bridgehead atoms. The van der Waals surface area contributed by atoms with Crippen LogP contribution in [0.15, 0.2) is 64.2 Å². The number of aliphatic imine (C=N–C) groups is 1. The number of benzene rings is 2. The zero-order chi connectivity index (χ0) is 24.3. The number of hydrogen-bond acceptors (Lipinski definition) is 7. The Labute approximate surface area is 187 Å². The number of hydrogen-bond donors (Lipinski definition) is 4. The van der Waals surface area contributed by atoms with Crippen molar-refractivity contribution in [3.05, 3.63) is 66.1 Å². The van der Waals surface area contributed by atoms with Gasteiger partial charge in [-0.2, -0.15) is 9.98 Å². The van der Waals surface area contributed by atoms with Crippen LogP contribution >= 0.6 is 0 Å². The van der Waals surface area contributed by atoms with Gasteiger partial charge in [-0.1, -0.05) is 24.3 Å². The number of aromatic nitrogens is 3. The lowest BCUT2D eigenvalue weighted by Gasteiger charge is -2.12. The summed E-state index contributed by atoms with van der Waals surface area (Å²) in [7, 11) is 0. The average Bonchev–Trinajstić information content (AvgIpc) is 3.39. The number of fused-ring (bicyclic) bond motifs is 1. The number of ether oxygens (including phenoxy) is 1. The molecule has 0 aliphatic heterocycles. The molecule has 5 N–H and O–H groups in total. The molecule has 0 aliphatic rings. The lowest BCUT2D eigenvalue weighted by atomic mass is 10.2. The van der Waals surface area contributed by atoms with Crippen molar-refractivity contribution in [2.45, 2.75) is 6.36 Å². The van der Waals surface area contributed by atoms with E-state index in [-0.39, 0.29) is 17.6 Å². The number of nitrogens with zero attached hydrogens (tertiary/aromatic N) is 3. The first kappa shape index (κ1) is 22.3. The van der Waals surface area contributed by atoms with Crippen LogP contribution in [-0.2, 0) is 0 Å². The summed E-state index contributed by atoms with van der Waals surface area (Å²) < 4.78 is 46.5. The molecular weight excluding hydrogens is 459 g/mol. The monoisotopic (exact) mass is 473 g/mol. The number of para-hydroxylation sites is 3. The lowest BCUT2D eigenvalue weighted by Crippen LogP contribution is -2.36. The largest absolute Gasteiger partial charge is 0.573 e. The van der Waals surface area contributed by atoms with Gasteiger partial charge in [-0.25, -0.2) is 4.98 Å². The fraction of sp³-hybridized carbons (Fsp3) is 0.0500. The van der Waals surface area contributed by atoms with Gasteiger partial charge in [0, 0.05) is 0 Å². The van der Waals surface area contributed by atoms with Crippen LogP contribution in [0.5, 0.6) is 5.75 Å². The van der Waals surface area contributed by atoms with E-state index in [0.717, 1.165) is 23.9 Å². The molecule has 0 fully saturated rings. The van der Waals surface area contributed by atoms with Crippen LogP contribution in [0.3, 0.4) is 0 Å². The first-order chi connectivity index (χ1) is 16.2. The second-order valence-electron chi connectivity index (χ2n) is 6.56. The maximum Gasteiger partial charge on any atom is 0.573 e. The van der Waals surface area contributed by atoms with Crippen LogP contribution < -0.4 is 21.1 Å². The van der Waals surface area contributed by atoms with Crippen LogP contribution in [0.1, 0.15) is 20.8 Å². The van der Waals surface area contributed by atoms with Gasteiger partial charge in [-0.05, 0) is 24.3 Å². The van der Waals surface area contributed by atoms with Crippen LogP contribution in [0.2, 0.25) is 0 Å². The quantitative estimate of drug-likeness (QED) is 0.256. The van der Waals surface area contributed by atoms with Crippen molar-refractivity contribution >= 4 is 40.8 Å². The van der Waals surface area contributed by atoms with E-state index in [1.54, 1.807) is 18.2 Å². The Bertz CT molecular complexity index is 1360. The van der Waals surface area contributed by atoms with E-state index in [4.69, 9.17) is 10.2 Å². The van der Waals surface area contributed by atoms with Gasteiger partial charge in [0.15, 0.2) is 5.69 Å². The second kappa shape index (κ2) is 8.93. The summed E-state index contributed by atoms with van der Waals surface area (Å²) in [5.74, 6) is -2.67. The number of alkyl halides is 3. The van der Waals surface area contributed by atoms with Crippen molar-refractivity contribution in [3.8, 4) is 5.75 Å². The van der Waals surface area contributed by atoms with Crippen molar-refractivity contribution < 1.29 is 31.9 Å². The maximum absolute atomic E-state index is 12.5.